The van der Waals surface area contributed by atoms with Gasteiger partial charge in [0.1, 0.15) is 12.4 Å². The minimum atomic E-state index is -0.352. The molecule has 0 aliphatic rings. The molecule has 3 rings (SSSR count). The van der Waals surface area contributed by atoms with Crippen LogP contribution in [-0.2, 0) is 6.61 Å². The van der Waals surface area contributed by atoms with Gasteiger partial charge >= 0.3 is 0 Å². The molecule has 174 valence electrons. The third kappa shape index (κ3) is 6.74. The smallest absolute Gasteiger partial charge is 0.271 e. The van der Waals surface area contributed by atoms with Gasteiger partial charge in [-0.25, -0.2) is 5.43 Å². The van der Waals surface area contributed by atoms with Crippen LogP contribution in [0.5, 0.6) is 17.2 Å². The van der Waals surface area contributed by atoms with Gasteiger partial charge in [0.2, 0.25) is 0 Å². The molecule has 0 heterocycles. The van der Waals surface area contributed by atoms with E-state index in [1.165, 1.54) is 6.21 Å². The van der Waals surface area contributed by atoms with Crippen LogP contribution >= 0.6 is 11.6 Å². The van der Waals surface area contributed by atoms with E-state index in [-0.39, 0.29) is 12.5 Å². The average molecular weight is 478 g/mol. The predicted molar refractivity (Wildman–Crippen MR) is 131 cm³/mol. The van der Waals surface area contributed by atoms with E-state index in [1.54, 1.807) is 54.6 Å². The fraction of sp³-hybridized carbons (Fsp3) is 0.192. The normalized spacial score (nSPS) is 10.5. The van der Waals surface area contributed by atoms with Gasteiger partial charge < -0.3 is 14.2 Å². The number of ether oxygens (including phenoxy) is 3. The van der Waals surface area contributed by atoms with E-state index in [4.69, 9.17) is 31.1 Å². The third-order valence-electron chi connectivity index (χ3n) is 4.58. The topological polar surface area (TPSA) is 92.9 Å². The van der Waals surface area contributed by atoms with Crippen LogP contribution in [0.4, 0.5) is 0 Å². The summed E-state index contributed by atoms with van der Waals surface area (Å²) < 4.78 is 17.0. The Hall–Kier alpha value is -4.02. The standard InChI is InChI=1S/C26H24ClN3O4/c1-3-32-22-10-8-21(9-11-22)26(31)30-29-16-20-13-23(27)25(24(14-20)33-4-2)34-17-19-7-5-6-18(12-19)15-28/h5-14,16H,3-4,17H2,1-2H3,(H,30,31)/b29-16-. The Kier molecular flexibility index (Phi) is 8.89. The van der Waals surface area contributed by atoms with E-state index >= 15 is 0 Å². The van der Waals surface area contributed by atoms with Gasteiger partial charge in [0.05, 0.1) is 36.1 Å². The number of nitrogens with one attached hydrogen (secondary N) is 1. The van der Waals surface area contributed by atoms with Gasteiger partial charge in [0.25, 0.3) is 5.91 Å². The number of hydrogen-bond donors (Lipinski definition) is 1. The van der Waals surface area contributed by atoms with Crippen LogP contribution in [0.25, 0.3) is 0 Å². The van der Waals surface area contributed by atoms with Gasteiger partial charge in [-0.05, 0) is 73.5 Å². The number of nitrogens with zero attached hydrogens (tertiary/aromatic N) is 2. The molecular formula is C26H24ClN3O4. The molecule has 0 aliphatic heterocycles. The number of hydrazone groups is 1. The summed E-state index contributed by atoms with van der Waals surface area (Å²) in [5, 5.41) is 13.4. The molecule has 0 atom stereocenters. The highest BCUT2D eigenvalue weighted by Crippen LogP contribution is 2.37. The van der Waals surface area contributed by atoms with Crippen LogP contribution in [-0.4, -0.2) is 25.3 Å². The fourth-order valence-electron chi connectivity index (χ4n) is 3.05. The van der Waals surface area contributed by atoms with Crippen molar-refractivity contribution in [2.24, 2.45) is 5.10 Å². The molecule has 0 saturated carbocycles. The summed E-state index contributed by atoms with van der Waals surface area (Å²) in [6.45, 7) is 4.94. The molecule has 0 bridgehead atoms. The zero-order valence-electron chi connectivity index (χ0n) is 18.9. The second kappa shape index (κ2) is 12.3. The van der Waals surface area contributed by atoms with E-state index in [2.05, 4.69) is 16.6 Å². The Labute approximate surface area is 203 Å². The van der Waals surface area contributed by atoms with Crippen molar-refractivity contribution in [1.82, 2.24) is 5.43 Å². The molecule has 0 aliphatic carbocycles. The number of carbonyl (C=O) groups is 1. The van der Waals surface area contributed by atoms with Crippen molar-refractivity contribution in [1.29, 1.82) is 5.26 Å². The first-order chi connectivity index (χ1) is 16.5. The Morgan fingerprint density at radius 2 is 1.82 bits per heavy atom. The number of hydrogen-bond acceptors (Lipinski definition) is 6. The monoisotopic (exact) mass is 477 g/mol. The maximum atomic E-state index is 12.3. The quantitative estimate of drug-likeness (QED) is 0.314. The Morgan fingerprint density at radius 3 is 2.53 bits per heavy atom. The molecule has 0 spiro atoms. The lowest BCUT2D eigenvalue weighted by Crippen LogP contribution is -2.17. The SMILES string of the molecule is CCOc1ccc(C(=O)N/N=C\c2cc(Cl)c(OCc3cccc(C#N)c3)c(OCC)c2)cc1. The highest BCUT2D eigenvalue weighted by Gasteiger charge is 2.13. The number of carbonyl (C=O) groups excluding carboxylic acids is 1. The average Bonchev–Trinajstić information content (AvgIpc) is 2.84. The maximum absolute atomic E-state index is 12.3. The molecule has 1 N–H and O–H groups in total. The first-order valence-corrected chi connectivity index (χ1v) is 11.1. The molecular weight excluding hydrogens is 454 g/mol. The van der Waals surface area contributed by atoms with E-state index in [0.29, 0.717) is 52.2 Å². The first-order valence-electron chi connectivity index (χ1n) is 10.7. The summed E-state index contributed by atoms with van der Waals surface area (Å²) >= 11 is 6.45. The third-order valence-corrected chi connectivity index (χ3v) is 4.86. The van der Waals surface area contributed by atoms with Gasteiger partial charge in [0, 0.05) is 5.56 Å². The molecule has 0 fully saturated rings. The minimum Gasteiger partial charge on any atom is -0.494 e. The van der Waals surface area contributed by atoms with Crippen LogP contribution in [0.2, 0.25) is 5.02 Å². The second-order valence-corrected chi connectivity index (χ2v) is 7.43. The van der Waals surface area contributed by atoms with Gasteiger partial charge in [-0.2, -0.15) is 10.4 Å². The molecule has 0 saturated heterocycles. The second-order valence-electron chi connectivity index (χ2n) is 7.02. The minimum absolute atomic E-state index is 0.223. The van der Waals surface area contributed by atoms with Crippen molar-refractivity contribution >= 4 is 23.7 Å². The van der Waals surface area contributed by atoms with E-state index < -0.39 is 0 Å². The number of nitriles is 1. The van der Waals surface area contributed by atoms with Crippen LogP contribution in [0.15, 0.2) is 65.8 Å². The summed E-state index contributed by atoms with van der Waals surface area (Å²) in [6.07, 6.45) is 1.47. The summed E-state index contributed by atoms with van der Waals surface area (Å²) in [7, 11) is 0. The zero-order valence-corrected chi connectivity index (χ0v) is 19.6. The highest BCUT2D eigenvalue weighted by molar-refractivity contribution is 6.32. The number of amides is 1. The molecule has 0 radical (unpaired) electrons. The molecule has 0 unspecified atom stereocenters. The zero-order chi connectivity index (χ0) is 24.3. The number of benzene rings is 3. The summed E-state index contributed by atoms with van der Waals surface area (Å²) in [5.74, 6) is 1.18. The van der Waals surface area contributed by atoms with Gasteiger partial charge in [-0.1, -0.05) is 23.7 Å². The van der Waals surface area contributed by atoms with Crippen molar-refractivity contribution in [3.05, 3.63) is 87.9 Å². The summed E-state index contributed by atoms with van der Waals surface area (Å²) in [4.78, 5) is 12.3. The van der Waals surface area contributed by atoms with Crippen LogP contribution in [0, 0.1) is 11.3 Å². The number of halogens is 1. The Morgan fingerprint density at radius 1 is 1.06 bits per heavy atom. The molecule has 8 heteroatoms. The largest absolute Gasteiger partial charge is 0.494 e. The van der Waals surface area contributed by atoms with Gasteiger partial charge in [-0.3, -0.25) is 4.79 Å². The Balaban J connectivity index is 1.69. The lowest BCUT2D eigenvalue weighted by molar-refractivity contribution is 0.0955. The van der Waals surface area contributed by atoms with Crippen molar-refractivity contribution in [3.8, 4) is 23.3 Å². The van der Waals surface area contributed by atoms with Crippen molar-refractivity contribution < 1.29 is 19.0 Å². The van der Waals surface area contributed by atoms with Crippen LogP contribution in [0.1, 0.15) is 40.9 Å². The van der Waals surface area contributed by atoms with E-state index in [9.17, 15) is 4.79 Å². The first kappa shape index (κ1) is 24.6. The van der Waals surface area contributed by atoms with Crippen LogP contribution < -0.4 is 19.6 Å². The fourth-order valence-corrected chi connectivity index (χ4v) is 3.32. The Bertz CT molecular complexity index is 1200. The molecule has 3 aromatic carbocycles. The van der Waals surface area contributed by atoms with Gasteiger partial charge in [0.15, 0.2) is 11.5 Å². The lowest BCUT2D eigenvalue weighted by atomic mass is 10.1. The maximum Gasteiger partial charge on any atom is 0.271 e. The van der Waals surface area contributed by atoms with Gasteiger partial charge in [-0.15, -0.1) is 0 Å². The van der Waals surface area contributed by atoms with Crippen LogP contribution in [0.3, 0.4) is 0 Å². The summed E-state index contributed by atoms with van der Waals surface area (Å²) in [6, 6.07) is 19.4. The van der Waals surface area contributed by atoms with E-state index in [0.717, 1.165) is 5.56 Å². The van der Waals surface area contributed by atoms with Crippen molar-refractivity contribution in [3.63, 3.8) is 0 Å². The molecule has 3 aromatic rings. The lowest BCUT2D eigenvalue weighted by Gasteiger charge is -2.14. The van der Waals surface area contributed by atoms with Crippen molar-refractivity contribution in [2.75, 3.05) is 13.2 Å². The number of rotatable bonds is 10. The molecule has 7 nitrogen and oxygen atoms in total. The summed E-state index contributed by atoms with van der Waals surface area (Å²) in [5.41, 5.74) is 4.96. The van der Waals surface area contributed by atoms with Crippen molar-refractivity contribution in [2.45, 2.75) is 20.5 Å². The predicted octanol–water partition coefficient (Wildman–Crippen LogP) is 5.35. The molecule has 0 aromatic heterocycles. The molecule has 34 heavy (non-hydrogen) atoms. The highest BCUT2D eigenvalue weighted by atomic mass is 35.5. The van der Waals surface area contributed by atoms with E-state index in [1.807, 2.05) is 19.9 Å². The molecule has 1 amide bonds.